The van der Waals surface area contributed by atoms with Crippen molar-refractivity contribution in [2.45, 2.75) is 71.2 Å². The molecule has 5 heterocycles. The first-order valence-electron chi connectivity index (χ1n) is 15.0. The molecule has 0 spiro atoms. The van der Waals surface area contributed by atoms with Crippen molar-refractivity contribution >= 4 is 23.2 Å². The van der Waals surface area contributed by atoms with Gasteiger partial charge in [-0.15, -0.1) is 0 Å². The molecule has 1 aromatic carbocycles. The minimum Gasteiger partial charge on any atom is -0.444 e. The topological polar surface area (TPSA) is 111 Å². The Bertz CT molecular complexity index is 1490. The van der Waals surface area contributed by atoms with Gasteiger partial charge >= 0.3 is 12.1 Å². The highest BCUT2D eigenvalue weighted by Gasteiger charge is 2.36. The van der Waals surface area contributed by atoms with Crippen molar-refractivity contribution in [3.63, 3.8) is 0 Å². The number of urea groups is 1. The summed E-state index contributed by atoms with van der Waals surface area (Å²) < 4.78 is 11.8. The van der Waals surface area contributed by atoms with Gasteiger partial charge in [-0.05, 0) is 86.9 Å². The largest absolute Gasteiger partial charge is 0.444 e. The number of carbonyl (C=O) groups is 2. The first kappa shape index (κ1) is 28.5. The number of hydrogen-bond acceptors (Lipinski definition) is 6. The highest BCUT2D eigenvalue weighted by Crippen LogP contribution is 2.37. The smallest absolute Gasteiger partial charge is 0.410 e. The van der Waals surface area contributed by atoms with Crippen LogP contribution in [0, 0.1) is 6.92 Å². The summed E-state index contributed by atoms with van der Waals surface area (Å²) in [6.07, 6.45) is 5.06. The summed E-state index contributed by atoms with van der Waals surface area (Å²) in [4.78, 5) is 40.4. The Kier molecular flexibility index (Phi) is 7.61. The highest BCUT2D eigenvalue weighted by atomic mass is 16.6. The Hall–Kier alpha value is -3.63. The van der Waals surface area contributed by atoms with Crippen LogP contribution in [0.5, 0.6) is 0 Å². The van der Waals surface area contributed by atoms with Gasteiger partial charge in [0.25, 0.3) is 0 Å². The molecular weight excluding hydrogens is 534 g/mol. The first-order chi connectivity index (χ1) is 20.1. The summed E-state index contributed by atoms with van der Waals surface area (Å²) >= 11 is 0. The number of amides is 3. The second kappa shape index (κ2) is 11.2. The highest BCUT2D eigenvalue weighted by molar-refractivity contribution is 5.85. The summed E-state index contributed by atoms with van der Waals surface area (Å²) in [6.45, 7) is 11.1. The third-order valence-electron chi connectivity index (χ3n) is 8.57. The molecule has 0 radical (unpaired) electrons. The second-order valence-corrected chi connectivity index (χ2v) is 12.7. The number of morpholine rings is 1. The van der Waals surface area contributed by atoms with E-state index in [1.165, 1.54) is 5.56 Å². The molecule has 3 amide bonds. The summed E-state index contributed by atoms with van der Waals surface area (Å²) in [5.41, 5.74) is 6.60. The zero-order chi connectivity index (χ0) is 29.6. The molecule has 2 aromatic heterocycles. The van der Waals surface area contributed by atoms with Crippen LogP contribution in [-0.4, -0.2) is 93.0 Å². The molecular formula is C32H41N5O5. The van der Waals surface area contributed by atoms with Crippen LogP contribution in [0.15, 0.2) is 30.6 Å². The number of carbonyl (C=O) groups excluding carboxylic acids is 2. The fraction of sp³-hybridized carbons (Fsp3) is 0.531. The van der Waals surface area contributed by atoms with Crippen LogP contribution in [0.25, 0.3) is 22.2 Å². The number of likely N-dealkylation sites (tertiary alicyclic amines) is 1. The number of aliphatic hydroxyl groups is 1. The molecule has 42 heavy (non-hydrogen) atoms. The predicted molar refractivity (Wildman–Crippen MR) is 159 cm³/mol. The number of aryl methyl sites for hydroxylation is 1. The van der Waals surface area contributed by atoms with E-state index in [1.54, 1.807) is 4.90 Å². The van der Waals surface area contributed by atoms with Crippen LogP contribution in [0.1, 0.15) is 61.9 Å². The fourth-order valence-electron chi connectivity index (χ4n) is 6.28. The van der Waals surface area contributed by atoms with Gasteiger partial charge in [0.15, 0.2) is 0 Å². The number of rotatable bonds is 2. The molecule has 10 nitrogen and oxygen atoms in total. The molecule has 3 aliphatic heterocycles. The van der Waals surface area contributed by atoms with Gasteiger partial charge in [-0.1, -0.05) is 6.07 Å². The molecule has 10 heteroatoms. The number of nitrogens with zero attached hydrogens (tertiary/aromatic N) is 4. The number of aliphatic hydroxyl groups excluding tert-OH is 1. The maximum atomic E-state index is 13.6. The molecule has 1 atom stereocenters. The van der Waals surface area contributed by atoms with E-state index in [0.717, 1.165) is 38.9 Å². The standard InChI is InChI=1S/C32H41N5O5/c1-20-16-33-29-25(20)15-23(17-34-29)22-13-21-5-8-36(30(39)35-9-6-24(38)7-10-35)18-27(21)26(14-22)28-19-41-12-11-37(28)31(40)42-32(2,3)4/h13-17,24,28,38H,5-12,18-19H2,1-4H3,(H,33,34)/t28-/m0/s1. The fourth-order valence-corrected chi connectivity index (χ4v) is 6.28. The Morgan fingerprint density at radius 2 is 1.86 bits per heavy atom. The molecule has 0 saturated carbocycles. The summed E-state index contributed by atoms with van der Waals surface area (Å²) in [6, 6.07) is 6.17. The Morgan fingerprint density at radius 1 is 1.07 bits per heavy atom. The van der Waals surface area contributed by atoms with Crippen molar-refractivity contribution in [2.24, 2.45) is 0 Å². The van der Waals surface area contributed by atoms with E-state index in [1.807, 2.05) is 43.0 Å². The van der Waals surface area contributed by atoms with Gasteiger partial charge in [-0.2, -0.15) is 0 Å². The quantitative estimate of drug-likeness (QED) is 0.455. The minimum atomic E-state index is -0.623. The van der Waals surface area contributed by atoms with Crippen LogP contribution < -0.4 is 0 Å². The normalized spacial score (nSPS) is 20.1. The minimum absolute atomic E-state index is 0.00375. The lowest BCUT2D eigenvalue weighted by Gasteiger charge is -2.40. The SMILES string of the molecule is Cc1c[nH]c2ncc(-c3cc4c(c([C@@H]5COCCN5C(=O)OC(C)(C)C)c3)CN(C(=O)N3CCC(O)CC3)CC4)cc12. The number of aromatic amines is 1. The van der Waals surface area contributed by atoms with Gasteiger partial charge < -0.3 is 29.4 Å². The average Bonchev–Trinajstić information content (AvgIpc) is 3.35. The average molecular weight is 576 g/mol. The maximum absolute atomic E-state index is 13.6. The summed E-state index contributed by atoms with van der Waals surface area (Å²) in [5, 5.41) is 11.0. The van der Waals surface area contributed by atoms with Gasteiger partial charge in [0.1, 0.15) is 11.2 Å². The molecule has 6 rings (SSSR count). The van der Waals surface area contributed by atoms with Crippen molar-refractivity contribution in [3.05, 3.63) is 52.8 Å². The third kappa shape index (κ3) is 5.70. The second-order valence-electron chi connectivity index (χ2n) is 12.7. The number of benzene rings is 1. The lowest BCUT2D eigenvalue weighted by molar-refractivity contribution is -0.0334. The number of aromatic nitrogens is 2. The number of piperidine rings is 1. The number of ether oxygens (including phenoxy) is 2. The number of nitrogens with one attached hydrogen (secondary N) is 1. The third-order valence-corrected chi connectivity index (χ3v) is 8.57. The van der Waals surface area contributed by atoms with Crippen molar-refractivity contribution < 1.29 is 24.2 Å². The predicted octanol–water partition coefficient (Wildman–Crippen LogP) is 4.78. The molecule has 0 unspecified atom stereocenters. The molecule has 2 N–H and O–H groups in total. The molecule has 2 fully saturated rings. The van der Waals surface area contributed by atoms with Crippen LogP contribution >= 0.6 is 0 Å². The molecule has 2 saturated heterocycles. The van der Waals surface area contributed by atoms with Gasteiger partial charge in [0.2, 0.25) is 0 Å². The van der Waals surface area contributed by atoms with E-state index in [9.17, 15) is 14.7 Å². The number of fused-ring (bicyclic) bond motifs is 2. The van der Waals surface area contributed by atoms with Crippen molar-refractivity contribution in [2.75, 3.05) is 39.4 Å². The Morgan fingerprint density at radius 3 is 2.62 bits per heavy atom. The molecule has 3 aromatic rings. The van der Waals surface area contributed by atoms with E-state index in [2.05, 4.69) is 35.1 Å². The molecule has 0 aliphatic carbocycles. The monoisotopic (exact) mass is 575 g/mol. The van der Waals surface area contributed by atoms with Crippen LogP contribution in [-0.2, 0) is 22.4 Å². The van der Waals surface area contributed by atoms with Gasteiger partial charge in [0.05, 0.1) is 25.4 Å². The molecule has 224 valence electrons. The maximum Gasteiger partial charge on any atom is 0.410 e. The molecule has 0 bridgehead atoms. The zero-order valence-electron chi connectivity index (χ0n) is 25.0. The van der Waals surface area contributed by atoms with Crippen LogP contribution in [0.4, 0.5) is 9.59 Å². The Balaban J connectivity index is 1.40. The van der Waals surface area contributed by atoms with Crippen molar-refractivity contribution in [1.29, 1.82) is 0 Å². The lowest BCUT2D eigenvalue weighted by atomic mass is 9.87. The Labute approximate surface area is 246 Å². The van der Waals surface area contributed by atoms with Crippen molar-refractivity contribution in [3.8, 4) is 11.1 Å². The number of pyridine rings is 1. The van der Waals surface area contributed by atoms with E-state index in [-0.39, 0.29) is 24.3 Å². The summed E-state index contributed by atoms with van der Waals surface area (Å²) in [5.74, 6) is 0. The van der Waals surface area contributed by atoms with E-state index >= 15 is 0 Å². The van der Waals surface area contributed by atoms with E-state index in [0.29, 0.717) is 65.2 Å². The lowest BCUT2D eigenvalue weighted by Crippen LogP contribution is -2.49. The number of H-pyrrole nitrogens is 1. The van der Waals surface area contributed by atoms with Gasteiger partial charge in [0, 0.05) is 56.1 Å². The van der Waals surface area contributed by atoms with Gasteiger partial charge in [-0.3, -0.25) is 4.90 Å². The van der Waals surface area contributed by atoms with Crippen LogP contribution in [0.3, 0.4) is 0 Å². The zero-order valence-corrected chi connectivity index (χ0v) is 25.0. The number of hydrogen-bond donors (Lipinski definition) is 2. The van der Waals surface area contributed by atoms with E-state index in [4.69, 9.17) is 9.47 Å². The molecule has 3 aliphatic rings. The van der Waals surface area contributed by atoms with Crippen molar-refractivity contribution in [1.82, 2.24) is 24.7 Å². The van der Waals surface area contributed by atoms with Gasteiger partial charge in [-0.25, -0.2) is 14.6 Å². The van der Waals surface area contributed by atoms with Crippen LogP contribution in [0.2, 0.25) is 0 Å². The summed E-state index contributed by atoms with van der Waals surface area (Å²) in [7, 11) is 0. The van der Waals surface area contributed by atoms with E-state index < -0.39 is 5.60 Å². The first-order valence-corrected chi connectivity index (χ1v) is 15.0.